The van der Waals surface area contributed by atoms with Gasteiger partial charge in [-0.1, -0.05) is 12.2 Å². The molecule has 0 saturated heterocycles. The summed E-state index contributed by atoms with van der Waals surface area (Å²) in [5.41, 5.74) is 2.06. The fourth-order valence-corrected chi connectivity index (χ4v) is 1.92. The summed E-state index contributed by atoms with van der Waals surface area (Å²) in [6.07, 6.45) is 5.47. The minimum Gasteiger partial charge on any atom is -0.410 e. The van der Waals surface area contributed by atoms with E-state index in [0.717, 1.165) is 21.8 Å². The molecule has 1 aromatic carbocycles. The molecule has 1 amide bonds. The number of benzene rings is 1. The number of rotatable bonds is 1. The van der Waals surface area contributed by atoms with Gasteiger partial charge in [0.05, 0.1) is 11.1 Å². The Bertz CT molecular complexity index is 684. The number of fused-ring (bicyclic) bond motifs is 2. The van der Waals surface area contributed by atoms with Gasteiger partial charge in [0, 0.05) is 17.8 Å². The first-order chi connectivity index (χ1) is 8.28. The first kappa shape index (κ1) is 9.84. The van der Waals surface area contributed by atoms with Crippen LogP contribution in [0.25, 0.3) is 5.57 Å². The summed E-state index contributed by atoms with van der Waals surface area (Å²) in [5.74, 6) is 0.521. The number of hydrogen-bond acceptors (Lipinski definition) is 3. The van der Waals surface area contributed by atoms with Crippen molar-refractivity contribution in [2.75, 3.05) is 7.05 Å². The van der Waals surface area contributed by atoms with Crippen molar-refractivity contribution in [2.45, 2.75) is 0 Å². The fraction of sp³-hybridized carbons (Fsp3) is 0.0769. The lowest BCUT2D eigenvalue weighted by atomic mass is 10.2. The molecule has 1 heterocycles. The predicted octanol–water partition coefficient (Wildman–Crippen LogP) is 0.642. The highest BCUT2D eigenvalue weighted by molar-refractivity contribution is 5.79. The molecule has 0 spiro atoms. The van der Waals surface area contributed by atoms with E-state index in [1.54, 1.807) is 6.07 Å². The maximum atomic E-state index is 11.1. The van der Waals surface area contributed by atoms with Crippen molar-refractivity contribution >= 4 is 11.7 Å². The molecule has 1 aliphatic carbocycles. The molecule has 84 valence electrons. The highest BCUT2D eigenvalue weighted by atomic mass is 16.5. The number of amides is 1. The largest absolute Gasteiger partial charge is 0.412 e. The summed E-state index contributed by atoms with van der Waals surface area (Å²) in [5, 5.41) is 4.33. The molecule has 0 unspecified atom stereocenters. The number of ether oxygens (including phenoxy) is 1. The molecule has 0 bridgehead atoms. The van der Waals surface area contributed by atoms with E-state index in [0.29, 0.717) is 5.75 Å². The van der Waals surface area contributed by atoms with E-state index in [9.17, 15) is 4.79 Å². The monoisotopic (exact) mass is 226 g/mol. The molecular formula is C13H10N2O2. The topological polar surface area (TPSA) is 50.7 Å². The van der Waals surface area contributed by atoms with Gasteiger partial charge in [-0.2, -0.15) is 0 Å². The Morgan fingerprint density at radius 2 is 2.29 bits per heavy atom. The first-order valence-electron chi connectivity index (χ1n) is 5.29. The maximum absolute atomic E-state index is 11.1. The van der Waals surface area contributed by atoms with Crippen molar-refractivity contribution in [3.8, 4) is 5.75 Å². The van der Waals surface area contributed by atoms with Crippen LogP contribution in [0.1, 0.15) is 0 Å². The Hall–Kier alpha value is -2.36. The second kappa shape index (κ2) is 3.59. The van der Waals surface area contributed by atoms with Crippen LogP contribution in [-0.2, 0) is 0 Å². The van der Waals surface area contributed by atoms with Crippen LogP contribution in [0, 0.1) is 0 Å². The summed E-state index contributed by atoms with van der Waals surface area (Å²) in [6, 6.07) is 5.43. The Morgan fingerprint density at radius 1 is 1.41 bits per heavy atom. The van der Waals surface area contributed by atoms with Crippen molar-refractivity contribution in [2.24, 2.45) is 4.99 Å². The van der Waals surface area contributed by atoms with Crippen LogP contribution in [0.4, 0.5) is 4.79 Å². The molecular weight excluding hydrogens is 216 g/mol. The fourth-order valence-electron chi connectivity index (χ4n) is 1.92. The quantitative estimate of drug-likeness (QED) is 0.764. The second-order valence-corrected chi connectivity index (χ2v) is 3.75. The maximum Gasteiger partial charge on any atom is 0.412 e. The van der Waals surface area contributed by atoms with E-state index in [1.807, 2.05) is 30.4 Å². The van der Waals surface area contributed by atoms with Crippen molar-refractivity contribution in [1.29, 1.82) is 0 Å². The molecule has 4 heteroatoms. The summed E-state index contributed by atoms with van der Waals surface area (Å²) < 4.78 is 5.09. The number of allylic oxidation sites excluding steroid dienone is 3. The third kappa shape index (κ3) is 1.54. The van der Waals surface area contributed by atoms with E-state index < -0.39 is 6.09 Å². The van der Waals surface area contributed by atoms with Crippen molar-refractivity contribution in [1.82, 2.24) is 5.32 Å². The summed E-state index contributed by atoms with van der Waals surface area (Å²) in [6.45, 7) is 0. The van der Waals surface area contributed by atoms with E-state index in [-0.39, 0.29) is 0 Å². The third-order valence-corrected chi connectivity index (χ3v) is 2.71. The molecule has 0 atom stereocenters. The number of nitrogens with one attached hydrogen (secondary N) is 1. The molecule has 0 aromatic heterocycles. The molecule has 0 saturated carbocycles. The van der Waals surface area contributed by atoms with Crippen LogP contribution >= 0.6 is 0 Å². The van der Waals surface area contributed by atoms with Gasteiger partial charge in [-0.3, -0.25) is 0 Å². The van der Waals surface area contributed by atoms with Gasteiger partial charge in [0.2, 0.25) is 0 Å². The molecule has 2 aliphatic rings. The zero-order valence-corrected chi connectivity index (χ0v) is 9.23. The number of nitrogens with zero attached hydrogens (tertiary/aromatic N) is 1. The van der Waals surface area contributed by atoms with Crippen molar-refractivity contribution < 1.29 is 9.53 Å². The van der Waals surface area contributed by atoms with Crippen LogP contribution in [0.5, 0.6) is 5.75 Å². The van der Waals surface area contributed by atoms with Crippen molar-refractivity contribution in [3.63, 3.8) is 0 Å². The van der Waals surface area contributed by atoms with Gasteiger partial charge < -0.3 is 10.1 Å². The summed E-state index contributed by atoms with van der Waals surface area (Å²) >= 11 is 0. The van der Waals surface area contributed by atoms with Crippen LogP contribution in [0.2, 0.25) is 0 Å². The zero-order valence-electron chi connectivity index (χ0n) is 9.23. The molecule has 0 radical (unpaired) electrons. The minimum absolute atomic E-state index is 0.470. The molecule has 1 aromatic rings. The van der Waals surface area contributed by atoms with E-state index in [4.69, 9.17) is 4.74 Å². The number of carbonyl (C=O) groups is 1. The lowest BCUT2D eigenvalue weighted by Crippen LogP contribution is -2.26. The SMILES string of the molecule is CNC(=O)Oc1ccc2c(c1)=C1C=CC=C1N=2. The van der Waals surface area contributed by atoms with Gasteiger partial charge in [0.15, 0.2) is 0 Å². The van der Waals surface area contributed by atoms with Gasteiger partial charge in [0.25, 0.3) is 0 Å². The van der Waals surface area contributed by atoms with Gasteiger partial charge in [0.1, 0.15) is 5.75 Å². The van der Waals surface area contributed by atoms with Crippen LogP contribution in [0.15, 0.2) is 47.1 Å². The van der Waals surface area contributed by atoms with Crippen molar-refractivity contribution in [3.05, 3.63) is 52.7 Å². The van der Waals surface area contributed by atoms with E-state index in [1.165, 1.54) is 7.05 Å². The van der Waals surface area contributed by atoms with E-state index in [2.05, 4.69) is 10.3 Å². The molecule has 1 aliphatic heterocycles. The predicted molar refractivity (Wildman–Crippen MR) is 62.9 cm³/mol. The Morgan fingerprint density at radius 3 is 3.12 bits per heavy atom. The standard InChI is InChI=1S/C13H10N2O2/c1-14-13(16)17-8-5-6-12-10(7-8)9-3-2-4-11(9)15-12/h2-7H,1H3,(H,14,16). The normalized spacial score (nSPS) is 14.9. The highest BCUT2D eigenvalue weighted by Crippen LogP contribution is 2.21. The number of hydrogen-bond donors (Lipinski definition) is 1. The number of carbonyl (C=O) groups excluding carboxylic acids is 1. The smallest absolute Gasteiger partial charge is 0.410 e. The van der Waals surface area contributed by atoms with Crippen LogP contribution in [0.3, 0.4) is 0 Å². The lowest BCUT2D eigenvalue weighted by molar-refractivity contribution is 0.203. The molecule has 3 rings (SSSR count). The average molecular weight is 226 g/mol. The summed E-state index contributed by atoms with van der Waals surface area (Å²) in [7, 11) is 1.53. The third-order valence-electron chi connectivity index (χ3n) is 2.71. The second-order valence-electron chi connectivity index (χ2n) is 3.75. The van der Waals surface area contributed by atoms with Gasteiger partial charge in [-0.05, 0) is 24.3 Å². The molecule has 4 nitrogen and oxygen atoms in total. The first-order valence-corrected chi connectivity index (χ1v) is 5.29. The Labute approximate surface area is 97.6 Å². The van der Waals surface area contributed by atoms with Gasteiger partial charge >= 0.3 is 6.09 Å². The molecule has 17 heavy (non-hydrogen) atoms. The Balaban J connectivity index is 2.10. The zero-order chi connectivity index (χ0) is 11.8. The minimum atomic E-state index is -0.470. The van der Waals surface area contributed by atoms with E-state index >= 15 is 0 Å². The van der Waals surface area contributed by atoms with Gasteiger partial charge in [-0.15, -0.1) is 0 Å². The molecule has 1 N–H and O–H groups in total. The van der Waals surface area contributed by atoms with Crippen LogP contribution in [-0.4, -0.2) is 13.1 Å². The lowest BCUT2D eigenvalue weighted by Gasteiger charge is -2.02. The highest BCUT2D eigenvalue weighted by Gasteiger charge is 2.13. The average Bonchev–Trinajstić information content (AvgIpc) is 2.89. The molecule has 0 fully saturated rings. The Kier molecular flexibility index (Phi) is 2.08. The summed E-state index contributed by atoms with van der Waals surface area (Å²) in [4.78, 5) is 15.6. The van der Waals surface area contributed by atoms with Crippen LogP contribution < -0.4 is 20.6 Å². The van der Waals surface area contributed by atoms with Gasteiger partial charge in [-0.25, -0.2) is 9.79 Å².